The van der Waals surface area contributed by atoms with Gasteiger partial charge in [0.2, 0.25) is 0 Å². The number of amides is 1. The molecule has 6 nitrogen and oxygen atoms in total. The van der Waals surface area contributed by atoms with E-state index in [1.807, 2.05) is 6.07 Å². The van der Waals surface area contributed by atoms with E-state index in [0.717, 1.165) is 5.69 Å². The summed E-state index contributed by atoms with van der Waals surface area (Å²) in [4.78, 5) is 25.0. The summed E-state index contributed by atoms with van der Waals surface area (Å²) in [6.45, 7) is 0.444. The first-order valence-corrected chi connectivity index (χ1v) is 7.29. The van der Waals surface area contributed by atoms with Gasteiger partial charge < -0.3 is 10.0 Å². The third kappa shape index (κ3) is 2.69. The van der Waals surface area contributed by atoms with E-state index < -0.39 is 12.0 Å². The van der Waals surface area contributed by atoms with E-state index in [4.69, 9.17) is 16.7 Å². The van der Waals surface area contributed by atoms with Crippen molar-refractivity contribution in [3.8, 4) is 5.69 Å². The lowest BCUT2D eigenvalue weighted by molar-refractivity contribution is -0.141. The highest BCUT2D eigenvalue weighted by atomic mass is 35.5. The average molecular weight is 320 g/mol. The van der Waals surface area contributed by atoms with Crippen molar-refractivity contribution in [1.82, 2.24) is 14.7 Å². The van der Waals surface area contributed by atoms with Crippen molar-refractivity contribution < 1.29 is 14.7 Å². The number of aromatic nitrogens is 2. The monoisotopic (exact) mass is 319 g/mol. The minimum Gasteiger partial charge on any atom is -0.480 e. The maximum absolute atomic E-state index is 12.4. The zero-order valence-electron chi connectivity index (χ0n) is 11.6. The zero-order chi connectivity index (χ0) is 15.7. The third-order valence-corrected chi connectivity index (χ3v) is 3.91. The maximum atomic E-state index is 12.4. The van der Waals surface area contributed by atoms with E-state index >= 15 is 0 Å². The molecular formula is C15H14ClN3O3. The number of likely N-dealkylation sites (tertiary alicyclic amines) is 1. The number of carboxylic acid groups (broad SMARTS) is 1. The number of hydrogen-bond donors (Lipinski definition) is 1. The molecule has 0 spiro atoms. The summed E-state index contributed by atoms with van der Waals surface area (Å²) in [5.74, 6) is -1.33. The van der Waals surface area contributed by atoms with Crippen LogP contribution in [0.15, 0.2) is 36.5 Å². The van der Waals surface area contributed by atoms with E-state index in [1.165, 1.54) is 4.90 Å². The summed E-state index contributed by atoms with van der Waals surface area (Å²) >= 11 is 5.94. The quantitative estimate of drug-likeness (QED) is 0.941. The molecule has 1 atom stereocenters. The van der Waals surface area contributed by atoms with Crippen LogP contribution in [0.2, 0.25) is 5.02 Å². The highest BCUT2D eigenvalue weighted by molar-refractivity contribution is 6.30. The molecule has 114 valence electrons. The van der Waals surface area contributed by atoms with Crippen molar-refractivity contribution in [3.05, 3.63) is 47.2 Å². The fourth-order valence-electron chi connectivity index (χ4n) is 2.61. The first kappa shape index (κ1) is 14.6. The van der Waals surface area contributed by atoms with E-state index in [2.05, 4.69) is 5.10 Å². The van der Waals surface area contributed by atoms with Crippen molar-refractivity contribution in [3.63, 3.8) is 0 Å². The molecule has 1 N–H and O–H groups in total. The number of aliphatic carboxylic acids is 1. The smallest absolute Gasteiger partial charge is 0.326 e. The van der Waals surface area contributed by atoms with Crippen LogP contribution in [0, 0.1) is 0 Å². The van der Waals surface area contributed by atoms with Gasteiger partial charge in [0.15, 0.2) is 5.69 Å². The second-order valence-corrected chi connectivity index (χ2v) is 5.56. The number of hydrogen-bond acceptors (Lipinski definition) is 3. The Morgan fingerprint density at radius 2 is 2.14 bits per heavy atom. The Balaban J connectivity index is 1.84. The first-order valence-electron chi connectivity index (χ1n) is 6.91. The number of carbonyl (C=O) groups is 2. The molecule has 1 fully saturated rings. The number of halogens is 1. The van der Waals surface area contributed by atoms with Crippen LogP contribution in [-0.4, -0.2) is 44.3 Å². The van der Waals surface area contributed by atoms with Gasteiger partial charge in [0.1, 0.15) is 6.04 Å². The van der Waals surface area contributed by atoms with Crippen molar-refractivity contribution in [2.75, 3.05) is 6.54 Å². The molecule has 22 heavy (non-hydrogen) atoms. The molecule has 2 heterocycles. The minimum absolute atomic E-state index is 0.230. The summed E-state index contributed by atoms with van der Waals surface area (Å²) in [6, 6.07) is 7.93. The molecule has 1 aromatic carbocycles. The van der Waals surface area contributed by atoms with Crippen molar-refractivity contribution in [2.45, 2.75) is 18.9 Å². The normalized spacial score (nSPS) is 17.7. The SMILES string of the molecule is O=C(O)C1CCCN1C(=O)c1ccn(-c2cccc(Cl)c2)n1. The summed E-state index contributed by atoms with van der Waals surface area (Å²) < 4.78 is 1.55. The second kappa shape index (κ2) is 5.81. The molecule has 0 radical (unpaired) electrons. The lowest BCUT2D eigenvalue weighted by atomic mass is 10.2. The molecule has 1 unspecified atom stereocenters. The second-order valence-electron chi connectivity index (χ2n) is 5.12. The standard InChI is InChI=1S/C15H14ClN3O3/c16-10-3-1-4-11(9-10)19-8-6-12(17-19)14(20)18-7-2-5-13(18)15(21)22/h1,3-4,6,8-9,13H,2,5,7H2,(H,21,22). The van der Waals surface area contributed by atoms with E-state index in [9.17, 15) is 9.59 Å². The Labute approximate surface area is 131 Å². The van der Waals surface area contributed by atoms with Gasteiger partial charge in [-0.05, 0) is 37.1 Å². The van der Waals surface area contributed by atoms with Gasteiger partial charge in [0.05, 0.1) is 5.69 Å². The fourth-order valence-corrected chi connectivity index (χ4v) is 2.80. The Bertz CT molecular complexity index is 728. The van der Waals surface area contributed by atoms with Gasteiger partial charge in [0.25, 0.3) is 5.91 Å². The van der Waals surface area contributed by atoms with Crippen LogP contribution >= 0.6 is 11.6 Å². The number of carbonyl (C=O) groups excluding carboxylic acids is 1. The Morgan fingerprint density at radius 1 is 1.32 bits per heavy atom. The summed E-state index contributed by atoms with van der Waals surface area (Å²) in [5.41, 5.74) is 0.968. The molecule has 2 aromatic rings. The third-order valence-electron chi connectivity index (χ3n) is 3.68. The van der Waals surface area contributed by atoms with Crippen LogP contribution in [0.5, 0.6) is 0 Å². The van der Waals surface area contributed by atoms with Crippen molar-refractivity contribution in [1.29, 1.82) is 0 Å². The van der Waals surface area contributed by atoms with Crippen LogP contribution in [0.1, 0.15) is 23.3 Å². The zero-order valence-corrected chi connectivity index (χ0v) is 12.4. The van der Waals surface area contributed by atoms with Gasteiger partial charge in [0, 0.05) is 17.8 Å². The summed E-state index contributed by atoms with van der Waals surface area (Å²) in [7, 11) is 0. The van der Waals surface area contributed by atoms with Crippen molar-refractivity contribution >= 4 is 23.5 Å². The van der Waals surface area contributed by atoms with Crippen LogP contribution in [0.4, 0.5) is 0 Å². The molecule has 1 amide bonds. The Hall–Kier alpha value is -2.34. The predicted octanol–water partition coefficient (Wildman–Crippen LogP) is 2.21. The Morgan fingerprint density at radius 3 is 2.86 bits per heavy atom. The van der Waals surface area contributed by atoms with Crippen LogP contribution in [-0.2, 0) is 4.79 Å². The molecule has 0 saturated carbocycles. The number of rotatable bonds is 3. The molecule has 3 rings (SSSR count). The van der Waals surface area contributed by atoms with Gasteiger partial charge in [-0.25, -0.2) is 9.48 Å². The number of benzene rings is 1. The van der Waals surface area contributed by atoms with E-state index in [1.54, 1.807) is 35.1 Å². The number of carboxylic acids is 1. The minimum atomic E-state index is -0.972. The Kier molecular flexibility index (Phi) is 3.85. The number of nitrogens with zero attached hydrogens (tertiary/aromatic N) is 3. The van der Waals surface area contributed by atoms with Gasteiger partial charge in [-0.15, -0.1) is 0 Å². The summed E-state index contributed by atoms with van der Waals surface area (Å²) in [5, 5.41) is 14.0. The topological polar surface area (TPSA) is 75.4 Å². The highest BCUT2D eigenvalue weighted by Gasteiger charge is 2.35. The van der Waals surface area contributed by atoms with Gasteiger partial charge >= 0.3 is 5.97 Å². The summed E-state index contributed by atoms with van der Waals surface area (Å²) in [6.07, 6.45) is 2.83. The lowest BCUT2D eigenvalue weighted by Gasteiger charge is -2.20. The molecule has 1 saturated heterocycles. The van der Waals surface area contributed by atoms with E-state index in [0.29, 0.717) is 24.4 Å². The van der Waals surface area contributed by atoms with E-state index in [-0.39, 0.29) is 11.6 Å². The van der Waals surface area contributed by atoms with Crippen LogP contribution in [0.25, 0.3) is 5.69 Å². The molecule has 1 aromatic heterocycles. The molecule has 0 aliphatic carbocycles. The predicted molar refractivity (Wildman–Crippen MR) is 80.3 cm³/mol. The average Bonchev–Trinajstić information content (AvgIpc) is 3.16. The largest absolute Gasteiger partial charge is 0.480 e. The molecule has 1 aliphatic rings. The highest BCUT2D eigenvalue weighted by Crippen LogP contribution is 2.20. The van der Waals surface area contributed by atoms with Crippen LogP contribution < -0.4 is 0 Å². The van der Waals surface area contributed by atoms with Crippen molar-refractivity contribution in [2.24, 2.45) is 0 Å². The fraction of sp³-hybridized carbons (Fsp3) is 0.267. The molecular weight excluding hydrogens is 306 g/mol. The lowest BCUT2D eigenvalue weighted by Crippen LogP contribution is -2.40. The van der Waals surface area contributed by atoms with Gasteiger partial charge in [-0.1, -0.05) is 17.7 Å². The molecule has 1 aliphatic heterocycles. The van der Waals surface area contributed by atoms with Gasteiger partial charge in [-0.2, -0.15) is 5.10 Å². The molecule has 0 bridgehead atoms. The molecule has 7 heteroatoms. The van der Waals surface area contributed by atoms with Gasteiger partial charge in [-0.3, -0.25) is 4.79 Å². The maximum Gasteiger partial charge on any atom is 0.326 e. The van der Waals surface area contributed by atoms with Crippen LogP contribution in [0.3, 0.4) is 0 Å². The first-order chi connectivity index (χ1) is 10.6.